The fourth-order valence-electron chi connectivity index (χ4n) is 0.975. The fourth-order valence-corrected chi connectivity index (χ4v) is 0.975. The molecule has 1 unspecified atom stereocenters. The van der Waals surface area contributed by atoms with E-state index >= 15 is 0 Å². The molecule has 0 radical (unpaired) electrons. The summed E-state index contributed by atoms with van der Waals surface area (Å²) in [4.78, 5) is 23.2. The summed E-state index contributed by atoms with van der Waals surface area (Å²) in [6.07, 6.45) is 3.30. The zero-order valence-electron chi connectivity index (χ0n) is 6.99. The predicted molar refractivity (Wildman–Crippen MR) is 44.1 cm³/mol. The number of hydrogen-bond acceptors (Lipinski definition) is 3. The monoisotopic (exact) mass is 168 g/mol. The van der Waals surface area contributed by atoms with E-state index in [2.05, 4.69) is 0 Å². The Morgan fingerprint density at radius 3 is 2.33 bits per heavy atom. The van der Waals surface area contributed by atoms with E-state index in [1.54, 1.807) is 0 Å². The van der Waals surface area contributed by atoms with Crippen molar-refractivity contribution >= 4 is 11.8 Å². The lowest BCUT2D eigenvalue weighted by Gasteiger charge is -2.17. The number of imide groups is 1. The summed E-state index contributed by atoms with van der Waals surface area (Å²) < 4.78 is 0. The Balaban J connectivity index is 2.53. The van der Waals surface area contributed by atoms with Gasteiger partial charge in [0.05, 0.1) is 0 Å². The van der Waals surface area contributed by atoms with Gasteiger partial charge in [-0.1, -0.05) is 6.92 Å². The maximum Gasteiger partial charge on any atom is 0.253 e. The molecule has 0 saturated heterocycles. The van der Waals surface area contributed by atoms with Gasteiger partial charge in [0, 0.05) is 24.7 Å². The van der Waals surface area contributed by atoms with Crippen LogP contribution >= 0.6 is 0 Å². The maximum absolute atomic E-state index is 11.0. The van der Waals surface area contributed by atoms with Gasteiger partial charge in [0.1, 0.15) is 0 Å². The highest BCUT2D eigenvalue weighted by Crippen LogP contribution is 2.04. The SMILES string of the molecule is CCC(N)CN1C(=O)C=CC1=O. The summed E-state index contributed by atoms with van der Waals surface area (Å²) in [5, 5.41) is 0. The molecule has 1 aliphatic rings. The first-order valence-electron chi connectivity index (χ1n) is 3.94. The third-order valence-electron chi connectivity index (χ3n) is 1.84. The molecule has 1 heterocycles. The van der Waals surface area contributed by atoms with E-state index in [1.165, 1.54) is 12.2 Å². The Hall–Kier alpha value is -1.16. The summed E-state index contributed by atoms with van der Waals surface area (Å²) in [6, 6.07) is -0.113. The zero-order valence-corrected chi connectivity index (χ0v) is 6.99. The molecule has 1 rings (SSSR count). The molecule has 0 fully saturated rings. The number of nitrogens with zero attached hydrogens (tertiary/aromatic N) is 1. The Kier molecular flexibility index (Phi) is 2.60. The van der Waals surface area contributed by atoms with Gasteiger partial charge < -0.3 is 5.73 Å². The third-order valence-corrected chi connectivity index (χ3v) is 1.84. The van der Waals surface area contributed by atoms with Crippen LogP contribution in [0.15, 0.2) is 12.2 Å². The number of nitrogens with two attached hydrogens (primary N) is 1. The Morgan fingerprint density at radius 1 is 1.42 bits per heavy atom. The molecule has 1 atom stereocenters. The van der Waals surface area contributed by atoms with E-state index in [1.807, 2.05) is 6.92 Å². The molecule has 0 aromatic carbocycles. The van der Waals surface area contributed by atoms with E-state index in [4.69, 9.17) is 5.73 Å². The molecule has 4 nitrogen and oxygen atoms in total. The molecular formula is C8H12N2O2. The second kappa shape index (κ2) is 3.49. The summed E-state index contributed by atoms with van der Waals surface area (Å²) in [7, 11) is 0. The van der Waals surface area contributed by atoms with Crippen LogP contribution in [0.3, 0.4) is 0 Å². The third kappa shape index (κ3) is 1.71. The molecule has 66 valence electrons. The van der Waals surface area contributed by atoms with E-state index in [9.17, 15) is 9.59 Å². The van der Waals surface area contributed by atoms with Crippen LogP contribution in [-0.4, -0.2) is 29.3 Å². The normalized spacial score (nSPS) is 19.0. The Labute approximate surface area is 71.0 Å². The summed E-state index contributed by atoms with van der Waals surface area (Å²) in [5.74, 6) is -0.521. The van der Waals surface area contributed by atoms with E-state index in [-0.39, 0.29) is 17.9 Å². The van der Waals surface area contributed by atoms with Crippen LogP contribution in [0.25, 0.3) is 0 Å². The van der Waals surface area contributed by atoms with Crippen molar-refractivity contribution in [2.75, 3.05) is 6.54 Å². The van der Waals surface area contributed by atoms with Crippen molar-refractivity contribution in [3.05, 3.63) is 12.2 Å². The molecule has 0 aromatic heterocycles. The van der Waals surface area contributed by atoms with Gasteiger partial charge in [-0.25, -0.2) is 0 Å². The van der Waals surface area contributed by atoms with Crippen LogP contribution in [0.2, 0.25) is 0 Å². The van der Waals surface area contributed by atoms with Crippen molar-refractivity contribution in [1.29, 1.82) is 0 Å². The number of carbonyl (C=O) groups excluding carboxylic acids is 2. The van der Waals surface area contributed by atoms with Gasteiger partial charge in [-0.15, -0.1) is 0 Å². The highest BCUT2D eigenvalue weighted by molar-refractivity contribution is 6.12. The molecule has 0 saturated carbocycles. The number of hydrogen-bond donors (Lipinski definition) is 1. The predicted octanol–water partition coefficient (Wildman–Crippen LogP) is -0.351. The van der Waals surface area contributed by atoms with Crippen molar-refractivity contribution in [1.82, 2.24) is 4.90 Å². The first-order valence-corrected chi connectivity index (χ1v) is 3.94. The molecule has 2 N–H and O–H groups in total. The average Bonchev–Trinajstić information content (AvgIpc) is 2.35. The van der Waals surface area contributed by atoms with E-state index in [0.717, 1.165) is 11.3 Å². The maximum atomic E-state index is 11.0. The minimum atomic E-state index is -0.260. The van der Waals surface area contributed by atoms with E-state index < -0.39 is 0 Å². The highest BCUT2D eigenvalue weighted by Gasteiger charge is 2.24. The lowest BCUT2D eigenvalue weighted by molar-refractivity contribution is -0.137. The van der Waals surface area contributed by atoms with Crippen LogP contribution in [-0.2, 0) is 9.59 Å². The minimum absolute atomic E-state index is 0.113. The molecular weight excluding hydrogens is 156 g/mol. The van der Waals surface area contributed by atoms with Crippen LogP contribution < -0.4 is 5.73 Å². The molecule has 2 amide bonds. The summed E-state index contributed by atoms with van der Waals surface area (Å²) >= 11 is 0. The quantitative estimate of drug-likeness (QED) is 0.586. The zero-order chi connectivity index (χ0) is 9.14. The van der Waals surface area contributed by atoms with Crippen molar-refractivity contribution < 1.29 is 9.59 Å². The highest BCUT2D eigenvalue weighted by atomic mass is 16.2. The fraction of sp³-hybridized carbons (Fsp3) is 0.500. The van der Waals surface area contributed by atoms with Gasteiger partial charge in [0.15, 0.2) is 0 Å². The summed E-state index contributed by atoms with van der Waals surface area (Å²) in [6.45, 7) is 2.24. The molecule has 0 aromatic rings. The largest absolute Gasteiger partial charge is 0.326 e. The van der Waals surface area contributed by atoms with Crippen molar-refractivity contribution in [3.8, 4) is 0 Å². The van der Waals surface area contributed by atoms with E-state index in [0.29, 0.717) is 6.54 Å². The second-order valence-corrected chi connectivity index (χ2v) is 2.79. The van der Waals surface area contributed by atoms with Gasteiger partial charge in [-0.05, 0) is 6.42 Å². The van der Waals surface area contributed by atoms with Gasteiger partial charge >= 0.3 is 0 Å². The smallest absolute Gasteiger partial charge is 0.253 e. The molecule has 12 heavy (non-hydrogen) atoms. The Morgan fingerprint density at radius 2 is 1.92 bits per heavy atom. The number of rotatable bonds is 3. The van der Waals surface area contributed by atoms with Crippen LogP contribution in [0, 0.1) is 0 Å². The van der Waals surface area contributed by atoms with Crippen LogP contribution in [0.5, 0.6) is 0 Å². The van der Waals surface area contributed by atoms with Crippen molar-refractivity contribution in [3.63, 3.8) is 0 Å². The molecule has 4 heteroatoms. The topological polar surface area (TPSA) is 63.4 Å². The minimum Gasteiger partial charge on any atom is -0.326 e. The number of carbonyl (C=O) groups is 2. The standard InChI is InChI=1S/C8H12N2O2/c1-2-6(9)5-10-7(11)3-4-8(10)12/h3-4,6H,2,5,9H2,1H3. The van der Waals surface area contributed by atoms with Gasteiger partial charge in [0.25, 0.3) is 11.8 Å². The van der Waals surface area contributed by atoms with Crippen LogP contribution in [0.1, 0.15) is 13.3 Å². The second-order valence-electron chi connectivity index (χ2n) is 2.79. The number of amides is 2. The van der Waals surface area contributed by atoms with Gasteiger partial charge in [0.2, 0.25) is 0 Å². The lowest BCUT2D eigenvalue weighted by atomic mass is 10.2. The van der Waals surface area contributed by atoms with Crippen LogP contribution in [0.4, 0.5) is 0 Å². The Bertz CT molecular complexity index is 217. The summed E-state index contributed by atoms with van der Waals surface area (Å²) in [5.41, 5.74) is 5.60. The average molecular weight is 168 g/mol. The van der Waals surface area contributed by atoms with Gasteiger partial charge in [-0.2, -0.15) is 0 Å². The molecule has 0 spiro atoms. The first-order chi connectivity index (χ1) is 5.65. The van der Waals surface area contributed by atoms with Crippen molar-refractivity contribution in [2.24, 2.45) is 5.73 Å². The molecule has 1 aliphatic heterocycles. The molecule has 0 aliphatic carbocycles. The first kappa shape index (κ1) is 8.93. The van der Waals surface area contributed by atoms with Crippen molar-refractivity contribution in [2.45, 2.75) is 19.4 Å². The molecule has 0 bridgehead atoms. The van der Waals surface area contributed by atoms with Gasteiger partial charge in [-0.3, -0.25) is 14.5 Å². The lowest BCUT2D eigenvalue weighted by Crippen LogP contribution is -2.40.